The van der Waals surface area contributed by atoms with E-state index in [1.807, 2.05) is 30.3 Å². The van der Waals surface area contributed by atoms with Crippen LogP contribution >= 0.6 is 0 Å². The maximum Gasteiger partial charge on any atom is 0.337 e. The first-order valence-corrected chi connectivity index (χ1v) is 10.8. The first-order valence-electron chi connectivity index (χ1n) is 10.8. The first kappa shape index (κ1) is 23.9. The van der Waals surface area contributed by atoms with Gasteiger partial charge in [0.15, 0.2) is 23.0 Å². The van der Waals surface area contributed by atoms with Crippen LogP contribution in [0.2, 0.25) is 0 Å². The molecule has 4 rings (SSSR count). The minimum atomic E-state index is -0.430. The lowest BCUT2D eigenvalue weighted by Crippen LogP contribution is -2.04. The lowest BCUT2D eigenvalue weighted by molar-refractivity contribution is 0.0601. The number of carbonyl (C=O) groups is 1. The molecule has 4 aromatic rings. The summed E-state index contributed by atoms with van der Waals surface area (Å²) in [5, 5.41) is 2.48. The van der Waals surface area contributed by atoms with Crippen molar-refractivity contribution in [2.45, 2.75) is 6.42 Å². The fraction of sp³-hybridized carbons (Fsp3) is 0.259. The standard InChI is InChI=1S/C27H27NO7/c1-30-21-10-7-15(12-22(21)31-2)11-20-24-18(14-23(32-3)25(33-4)26(24)34-5)17-9-8-16(27(29)35-6)13-19(17)28-20/h7-10,12-14H,11H2,1-6H3. The van der Waals surface area contributed by atoms with Gasteiger partial charge in [-0.25, -0.2) is 4.79 Å². The van der Waals surface area contributed by atoms with E-state index in [0.717, 1.165) is 27.4 Å². The Hall–Kier alpha value is -4.20. The highest BCUT2D eigenvalue weighted by Gasteiger charge is 2.22. The number of ether oxygens (including phenoxy) is 6. The van der Waals surface area contributed by atoms with Crippen molar-refractivity contribution in [3.63, 3.8) is 0 Å². The van der Waals surface area contributed by atoms with Crippen LogP contribution < -0.4 is 23.7 Å². The molecule has 0 unspecified atom stereocenters. The second-order valence-corrected chi connectivity index (χ2v) is 7.72. The summed E-state index contributed by atoms with van der Waals surface area (Å²) in [4.78, 5) is 17.1. The van der Waals surface area contributed by atoms with E-state index in [0.29, 0.717) is 46.2 Å². The molecule has 0 fully saturated rings. The molecule has 0 N–H and O–H groups in total. The van der Waals surface area contributed by atoms with Crippen molar-refractivity contribution in [3.05, 3.63) is 59.3 Å². The zero-order valence-corrected chi connectivity index (χ0v) is 20.6. The topological polar surface area (TPSA) is 85.3 Å². The summed E-state index contributed by atoms with van der Waals surface area (Å²) >= 11 is 0. The molecule has 1 heterocycles. The molecule has 8 heteroatoms. The molecule has 1 aromatic heterocycles. The zero-order valence-electron chi connectivity index (χ0n) is 20.6. The minimum absolute atomic E-state index is 0.413. The molecule has 0 aliphatic rings. The fourth-order valence-corrected chi connectivity index (χ4v) is 4.27. The Morgan fingerprint density at radius 2 is 1.43 bits per heavy atom. The van der Waals surface area contributed by atoms with Crippen LogP contribution in [0.4, 0.5) is 0 Å². The average Bonchev–Trinajstić information content (AvgIpc) is 2.90. The van der Waals surface area contributed by atoms with Crippen molar-refractivity contribution in [2.24, 2.45) is 0 Å². The number of benzene rings is 3. The monoisotopic (exact) mass is 477 g/mol. The summed E-state index contributed by atoms with van der Waals surface area (Å²) in [6.45, 7) is 0. The van der Waals surface area contributed by atoms with Gasteiger partial charge in [0.05, 0.1) is 64.8 Å². The van der Waals surface area contributed by atoms with Crippen LogP contribution in [0, 0.1) is 0 Å². The third-order valence-corrected chi connectivity index (χ3v) is 5.90. The highest BCUT2D eigenvalue weighted by molar-refractivity contribution is 6.12. The molecular weight excluding hydrogens is 450 g/mol. The Labute approximate surface area is 203 Å². The third-order valence-electron chi connectivity index (χ3n) is 5.90. The normalized spacial score (nSPS) is 10.8. The van der Waals surface area contributed by atoms with Gasteiger partial charge in [0.1, 0.15) is 0 Å². The first-order chi connectivity index (χ1) is 17.0. The highest BCUT2D eigenvalue weighted by atomic mass is 16.5. The van der Waals surface area contributed by atoms with Gasteiger partial charge in [0.2, 0.25) is 5.75 Å². The SMILES string of the molecule is COC(=O)c1ccc2c(c1)nc(Cc1ccc(OC)c(OC)c1)c1c(OC)c(OC)c(OC)cc12. The van der Waals surface area contributed by atoms with E-state index >= 15 is 0 Å². The van der Waals surface area contributed by atoms with E-state index in [1.165, 1.54) is 7.11 Å². The number of methoxy groups -OCH3 is 6. The van der Waals surface area contributed by atoms with Crippen LogP contribution in [0.3, 0.4) is 0 Å². The molecule has 0 aliphatic heterocycles. The van der Waals surface area contributed by atoms with E-state index in [9.17, 15) is 4.79 Å². The fourth-order valence-electron chi connectivity index (χ4n) is 4.27. The second-order valence-electron chi connectivity index (χ2n) is 7.72. The van der Waals surface area contributed by atoms with Gasteiger partial charge in [-0.05, 0) is 35.9 Å². The van der Waals surface area contributed by atoms with Gasteiger partial charge < -0.3 is 28.4 Å². The van der Waals surface area contributed by atoms with Crippen molar-refractivity contribution in [1.82, 2.24) is 4.98 Å². The van der Waals surface area contributed by atoms with Crippen LogP contribution in [-0.2, 0) is 11.2 Å². The molecule has 0 saturated carbocycles. The van der Waals surface area contributed by atoms with Crippen molar-refractivity contribution in [1.29, 1.82) is 0 Å². The van der Waals surface area contributed by atoms with Gasteiger partial charge >= 0.3 is 5.97 Å². The number of nitrogens with zero attached hydrogens (tertiary/aromatic N) is 1. The van der Waals surface area contributed by atoms with Gasteiger partial charge in [-0.1, -0.05) is 12.1 Å². The molecule has 0 bridgehead atoms. The van der Waals surface area contributed by atoms with Gasteiger partial charge in [-0.3, -0.25) is 4.98 Å². The summed E-state index contributed by atoms with van der Waals surface area (Å²) in [5.41, 5.74) is 2.75. The smallest absolute Gasteiger partial charge is 0.337 e. The number of esters is 1. The van der Waals surface area contributed by atoms with Crippen molar-refractivity contribution >= 4 is 27.6 Å². The number of hydrogen-bond acceptors (Lipinski definition) is 8. The molecule has 35 heavy (non-hydrogen) atoms. The largest absolute Gasteiger partial charge is 0.493 e. The lowest BCUT2D eigenvalue weighted by atomic mass is 9.97. The number of aromatic nitrogens is 1. The van der Waals surface area contributed by atoms with Crippen LogP contribution in [0.5, 0.6) is 28.7 Å². The molecule has 8 nitrogen and oxygen atoms in total. The van der Waals surface area contributed by atoms with Crippen molar-refractivity contribution < 1.29 is 33.2 Å². The third kappa shape index (κ3) is 4.23. The van der Waals surface area contributed by atoms with Crippen LogP contribution in [0.25, 0.3) is 21.7 Å². The minimum Gasteiger partial charge on any atom is -0.493 e. The number of carbonyl (C=O) groups excluding carboxylic acids is 1. The highest BCUT2D eigenvalue weighted by Crippen LogP contribution is 2.46. The molecule has 0 atom stereocenters. The molecule has 182 valence electrons. The summed E-state index contributed by atoms with van der Waals surface area (Å²) in [6.07, 6.45) is 0.459. The summed E-state index contributed by atoms with van der Waals surface area (Å²) in [5.74, 6) is 2.35. The Kier molecular flexibility index (Phi) is 6.82. The average molecular weight is 478 g/mol. The molecule has 0 saturated heterocycles. The van der Waals surface area contributed by atoms with Gasteiger partial charge in [-0.2, -0.15) is 0 Å². The number of rotatable bonds is 8. The maximum atomic E-state index is 12.2. The molecule has 3 aromatic carbocycles. The maximum absolute atomic E-state index is 12.2. The van der Waals surface area contributed by atoms with Gasteiger partial charge in [-0.15, -0.1) is 0 Å². The van der Waals surface area contributed by atoms with E-state index in [-0.39, 0.29) is 0 Å². The number of pyridine rings is 1. The van der Waals surface area contributed by atoms with E-state index in [4.69, 9.17) is 33.4 Å². The number of hydrogen-bond donors (Lipinski definition) is 0. The predicted molar refractivity (Wildman–Crippen MR) is 133 cm³/mol. The second kappa shape index (κ2) is 9.97. The van der Waals surface area contributed by atoms with Crippen molar-refractivity contribution in [2.75, 3.05) is 42.7 Å². The van der Waals surface area contributed by atoms with E-state index in [2.05, 4.69) is 0 Å². The Bertz CT molecular complexity index is 1410. The zero-order chi connectivity index (χ0) is 25.1. The van der Waals surface area contributed by atoms with E-state index in [1.54, 1.807) is 47.7 Å². The quantitative estimate of drug-likeness (QED) is 0.264. The summed E-state index contributed by atoms with van der Waals surface area (Å²) < 4.78 is 32.8. The van der Waals surface area contributed by atoms with Crippen LogP contribution in [0.1, 0.15) is 21.6 Å². The Balaban J connectivity index is 2.05. The molecule has 0 spiro atoms. The van der Waals surface area contributed by atoms with Crippen LogP contribution in [-0.4, -0.2) is 53.6 Å². The van der Waals surface area contributed by atoms with Gasteiger partial charge in [0, 0.05) is 17.2 Å². The van der Waals surface area contributed by atoms with E-state index < -0.39 is 5.97 Å². The summed E-state index contributed by atoms with van der Waals surface area (Å²) in [6, 6.07) is 12.9. The Morgan fingerprint density at radius 3 is 2.06 bits per heavy atom. The van der Waals surface area contributed by atoms with Crippen LogP contribution in [0.15, 0.2) is 42.5 Å². The van der Waals surface area contributed by atoms with Crippen molar-refractivity contribution in [3.8, 4) is 28.7 Å². The Morgan fingerprint density at radius 1 is 0.714 bits per heavy atom. The molecule has 0 radical (unpaired) electrons. The van der Waals surface area contributed by atoms with Gasteiger partial charge in [0.25, 0.3) is 0 Å². The molecule has 0 aliphatic carbocycles. The lowest BCUT2D eigenvalue weighted by Gasteiger charge is -2.18. The number of fused-ring (bicyclic) bond motifs is 3. The molecular formula is C27H27NO7. The molecule has 0 amide bonds. The predicted octanol–water partition coefficient (Wildman–Crippen LogP) is 4.81. The summed E-state index contributed by atoms with van der Waals surface area (Å²) in [7, 11) is 9.27.